The van der Waals surface area contributed by atoms with Crippen LogP contribution in [-0.4, -0.2) is 35.8 Å². The molecule has 1 rings (SSSR count). The highest BCUT2D eigenvalue weighted by molar-refractivity contribution is 6.12. The van der Waals surface area contributed by atoms with Crippen LogP contribution in [0.5, 0.6) is 0 Å². The Morgan fingerprint density at radius 2 is 2.00 bits per heavy atom. The third-order valence-corrected chi connectivity index (χ3v) is 3.15. The number of ketones is 1. The molecule has 1 heterocycles. The number of esters is 1. The molecule has 106 valence electrons. The highest BCUT2D eigenvalue weighted by Gasteiger charge is 2.63. The minimum Gasteiger partial charge on any atom is -0.457 e. The van der Waals surface area contributed by atoms with Crippen molar-refractivity contribution in [1.82, 2.24) is 0 Å². The molecule has 0 aromatic heterocycles. The maximum Gasteiger partial charge on any atom is 0.348 e. The van der Waals surface area contributed by atoms with E-state index in [1.807, 2.05) is 0 Å². The van der Waals surface area contributed by atoms with Gasteiger partial charge in [0.2, 0.25) is 5.60 Å². The Hall–Kier alpha value is -1.49. The fraction of sp³-hybridized carbons (Fsp3) is 0.643. The maximum atomic E-state index is 12.4. The topological polar surface area (TPSA) is 69.7 Å². The molecule has 1 aliphatic rings. The molecule has 0 N–H and O–H groups in total. The van der Waals surface area contributed by atoms with Gasteiger partial charge < -0.3 is 14.3 Å². The minimum atomic E-state index is -1.91. The van der Waals surface area contributed by atoms with Crippen LogP contribution in [0.25, 0.3) is 0 Å². The van der Waals surface area contributed by atoms with Gasteiger partial charge in [-0.05, 0) is 27.7 Å². The predicted molar refractivity (Wildman–Crippen MR) is 68.5 cm³/mol. The Bertz CT molecular complexity index is 410. The van der Waals surface area contributed by atoms with Crippen LogP contribution in [0.2, 0.25) is 0 Å². The molecule has 0 aliphatic carbocycles. The zero-order valence-electron chi connectivity index (χ0n) is 11.8. The molecule has 0 unspecified atom stereocenters. The van der Waals surface area contributed by atoms with Crippen molar-refractivity contribution in [3.05, 3.63) is 12.7 Å². The van der Waals surface area contributed by atoms with E-state index in [0.717, 1.165) is 0 Å². The summed E-state index contributed by atoms with van der Waals surface area (Å²) in [5.74, 6) is -1.28. The summed E-state index contributed by atoms with van der Waals surface area (Å²) in [5, 5.41) is 0. The van der Waals surface area contributed by atoms with Crippen LogP contribution in [0.4, 0.5) is 0 Å². The van der Waals surface area contributed by atoms with Gasteiger partial charge in [-0.1, -0.05) is 6.08 Å². The van der Waals surface area contributed by atoms with Gasteiger partial charge in [-0.3, -0.25) is 4.79 Å². The van der Waals surface area contributed by atoms with Crippen molar-refractivity contribution in [2.45, 2.75) is 45.3 Å². The largest absolute Gasteiger partial charge is 0.457 e. The third-order valence-electron chi connectivity index (χ3n) is 3.15. The van der Waals surface area contributed by atoms with Crippen molar-refractivity contribution in [1.29, 1.82) is 0 Å². The number of rotatable bonds is 4. The lowest BCUT2D eigenvalue weighted by Crippen LogP contribution is -2.59. The van der Waals surface area contributed by atoms with E-state index < -0.39 is 28.4 Å². The number of carbonyl (C=O) groups is 3. The highest BCUT2D eigenvalue weighted by atomic mass is 16.6. The van der Waals surface area contributed by atoms with E-state index >= 15 is 0 Å². The molecular formula is C14H20O5. The van der Waals surface area contributed by atoms with Gasteiger partial charge >= 0.3 is 5.97 Å². The fourth-order valence-electron chi connectivity index (χ4n) is 2.03. The Labute approximate surface area is 112 Å². The van der Waals surface area contributed by atoms with Gasteiger partial charge in [0.1, 0.15) is 11.9 Å². The summed E-state index contributed by atoms with van der Waals surface area (Å²) >= 11 is 0. The Morgan fingerprint density at radius 3 is 2.32 bits per heavy atom. The summed E-state index contributed by atoms with van der Waals surface area (Å²) < 4.78 is 10.6. The number of aldehydes is 1. The molecule has 0 saturated carbocycles. The average Bonchev–Trinajstić information content (AvgIpc) is 2.69. The number of hydrogen-bond acceptors (Lipinski definition) is 5. The van der Waals surface area contributed by atoms with Crippen LogP contribution in [0.1, 0.15) is 34.1 Å². The molecule has 0 aromatic rings. The Kier molecular flexibility index (Phi) is 4.00. The molecule has 5 nitrogen and oxygen atoms in total. The van der Waals surface area contributed by atoms with Gasteiger partial charge in [-0.25, -0.2) is 4.79 Å². The molecular weight excluding hydrogens is 248 g/mol. The molecule has 1 saturated heterocycles. The van der Waals surface area contributed by atoms with Crippen molar-refractivity contribution in [2.24, 2.45) is 5.41 Å². The summed E-state index contributed by atoms with van der Waals surface area (Å²) in [5.41, 5.74) is -4.13. The first-order chi connectivity index (χ1) is 8.63. The lowest BCUT2D eigenvalue weighted by atomic mass is 9.72. The first-order valence-electron chi connectivity index (χ1n) is 6.13. The van der Waals surface area contributed by atoms with E-state index in [-0.39, 0.29) is 13.0 Å². The van der Waals surface area contributed by atoms with Crippen molar-refractivity contribution in [3.63, 3.8) is 0 Å². The average molecular weight is 268 g/mol. The summed E-state index contributed by atoms with van der Waals surface area (Å²) in [6.45, 7) is 10.1. The van der Waals surface area contributed by atoms with E-state index in [4.69, 9.17) is 9.47 Å². The van der Waals surface area contributed by atoms with Gasteiger partial charge in [0.25, 0.3) is 0 Å². The molecule has 0 radical (unpaired) electrons. The molecule has 1 fully saturated rings. The summed E-state index contributed by atoms with van der Waals surface area (Å²) in [6.07, 6.45) is 1.84. The second-order valence-corrected chi connectivity index (χ2v) is 5.81. The van der Waals surface area contributed by atoms with Crippen LogP contribution in [-0.2, 0) is 23.9 Å². The van der Waals surface area contributed by atoms with Crippen molar-refractivity contribution in [2.75, 3.05) is 6.61 Å². The number of carbonyl (C=O) groups excluding carboxylic acids is 3. The monoisotopic (exact) mass is 268 g/mol. The second kappa shape index (κ2) is 4.89. The molecule has 1 aliphatic heterocycles. The molecule has 0 amide bonds. The predicted octanol–water partition coefficient (Wildman–Crippen LogP) is 1.45. The first kappa shape index (κ1) is 15.6. The number of hydrogen-bond donors (Lipinski definition) is 0. The van der Waals surface area contributed by atoms with Gasteiger partial charge in [-0.2, -0.15) is 0 Å². The standard InChI is InChI=1S/C14H20O5/c1-6-13(5,9-15)14(10(16)7-8-18-14)11(17)19-12(2,3)4/h6,9H,1,7-8H2,2-5H3/t13-,14-/m0/s1. The molecule has 0 aromatic carbocycles. The van der Waals surface area contributed by atoms with Crippen molar-refractivity contribution < 1.29 is 23.9 Å². The first-order valence-corrected chi connectivity index (χ1v) is 6.13. The fourth-order valence-corrected chi connectivity index (χ4v) is 2.03. The van der Waals surface area contributed by atoms with E-state index in [1.54, 1.807) is 20.8 Å². The molecule has 0 bridgehead atoms. The van der Waals surface area contributed by atoms with Gasteiger partial charge in [-0.15, -0.1) is 6.58 Å². The highest BCUT2D eigenvalue weighted by Crippen LogP contribution is 2.41. The molecule has 19 heavy (non-hydrogen) atoms. The Morgan fingerprint density at radius 1 is 1.42 bits per heavy atom. The number of Topliss-reactive ketones (excluding diaryl/α,β-unsaturated/α-hetero) is 1. The van der Waals surface area contributed by atoms with E-state index in [2.05, 4.69) is 6.58 Å². The molecule has 0 spiro atoms. The summed E-state index contributed by atoms with van der Waals surface area (Å²) in [7, 11) is 0. The lowest BCUT2D eigenvalue weighted by molar-refractivity contribution is -0.190. The Balaban J connectivity index is 3.30. The third kappa shape index (κ3) is 2.47. The van der Waals surface area contributed by atoms with Crippen LogP contribution >= 0.6 is 0 Å². The summed E-state index contributed by atoms with van der Waals surface area (Å²) in [6, 6.07) is 0. The molecule has 2 atom stereocenters. The van der Waals surface area contributed by atoms with E-state index in [0.29, 0.717) is 6.29 Å². The van der Waals surface area contributed by atoms with Crippen molar-refractivity contribution >= 4 is 18.0 Å². The second-order valence-electron chi connectivity index (χ2n) is 5.81. The number of ether oxygens (including phenoxy) is 2. The van der Waals surface area contributed by atoms with E-state index in [9.17, 15) is 14.4 Å². The van der Waals surface area contributed by atoms with Crippen LogP contribution in [0.3, 0.4) is 0 Å². The zero-order valence-corrected chi connectivity index (χ0v) is 11.8. The quantitative estimate of drug-likeness (QED) is 0.334. The van der Waals surface area contributed by atoms with Gasteiger partial charge in [0.05, 0.1) is 12.0 Å². The molecule has 5 heteroatoms. The van der Waals surface area contributed by atoms with Gasteiger partial charge in [0.15, 0.2) is 5.78 Å². The maximum absolute atomic E-state index is 12.4. The van der Waals surface area contributed by atoms with Crippen LogP contribution in [0, 0.1) is 5.41 Å². The smallest absolute Gasteiger partial charge is 0.348 e. The zero-order chi connectivity index (χ0) is 14.9. The van der Waals surface area contributed by atoms with Gasteiger partial charge in [0, 0.05) is 6.42 Å². The normalized spacial score (nSPS) is 26.6. The summed E-state index contributed by atoms with van der Waals surface area (Å²) in [4.78, 5) is 35.9. The SMILES string of the molecule is C=C[C@@](C)(C=O)[C@]1(C(=O)OC(C)(C)C)OCCC1=O. The lowest BCUT2D eigenvalue weighted by Gasteiger charge is -2.37. The van der Waals surface area contributed by atoms with Crippen molar-refractivity contribution in [3.8, 4) is 0 Å². The van der Waals surface area contributed by atoms with Crippen LogP contribution in [0.15, 0.2) is 12.7 Å². The van der Waals surface area contributed by atoms with Crippen LogP contribution < -0.4 is 0 Å². The van der Waals surface area contributed by atoms with E-state index in [1.165, 1.54) is 13.0 Å². The minimum absolute atomic E-state index is 0.0799.